The third-order valence-electron chi connectivity index (χ3n) is 7.39. The van der Waals surface area contributed by atoms with Crippen LogP contribution in [0.15, 0.2) is 66.7 Å². The Labute approximate surface area is 186 Å². The zero-order chi connectivity index (χ0) is 21.6. The van der Waals surface area contributed by atoms with Gasteiger partial charge in [0.1, 0.15) is 12.0 Å². The Bertz CT molecular complexity index is 1070. The maximum absolute atomic E-state index is 5.16. The van der Waals surface area contributed by atoms with Gasteiger partial charge in [0, 0.05) is 25.5 Å². The Hall–Kier alpha value is -3.01. The molecule has 0 N–H and O–H groups in total. The van der Waals surface area contributed by atoms with Crippen LogP contribution in [0.25, 0.3) is 0 Å². The fourth-order valence-electron chi connectivity index (χ4n) is 5.55. The SMILES string of the molecule is CCC1(CC)CCC2N(c3ccccc3)c3ccc(N(C)C)nc3N2c2ccccc21. The molecule has 3 aromatic rings. The van der Waals surface area contributed by atoms with E-state index in [-0.39, 0.29) is 11.6 Å². The summed E-state index contributed by atoms with van der Waals surface area (Å²) in [6.07, 6.45) is 4.81. The molecule has 0 saturated carbocycles. The van der Waals surface area contributed by atoms with Crippen LogP contribution < -0.4 is 14.7 Å². The second kappa shape index (κ2) is 7.60. The lowest BCUT2D eigenvalue weighted by molar-refractivity contribution is 0.354. The van der Waals surface area contributed by atoms with Crippen LogP contribution in [0.3, 0.4) is 0 Å². The lowest BCUT2D eigenvalue weighted by Crippen LogP contribution is -2.37. The van der Waals surface area contributed by atoms with Gasteiger partial charge in [0.05, 0.1) is 5.69 Å². The van der Waals surface area contributed by atoms with E-state index in [9.17, 15) is 0 Å². The Kier molecular flexibility index (Phi) is 4.88. The van der Waals surface area contributed by atoms with E-state index in [1.54, 1.807) is 0 Å². The minimum absolute atomic E-state index is 0.211. The number of nitrogens with zero attached hydrogens (tertiary/aromatic N) is 4. The van der Waals surface area contributed by atoms with Gasteiger partial charge in [0.25, 0.3) is 0 Å². The number of para-hydroxylation sites is 2. The monoisotopic (exact) mass is 412 g/mol. The predicted octanol–water partition coefficient (Wildman–Crippen LogP) is 6.62. The molecule has 0 radical (unpaired) electrons. The Balaban J connectivity index is 1.77. The molecule has 0 spiro atoms. The predicted molar refractivity (Wildman–Crippen MR) is 131 cm³/mol. The summed E-state index contributed by atoms with van der Waals surface area (Å²) in [5, 5.41) is 0. The lowest BCUT2D eigenvalue weighted by atomic mass is 9.72. The van der Waals surface area contributed by atoms with Crippen molar-refractivity contribution in [3.63, 3.8) is 0 Å². The molecule has 2 aromatic carbocycles. The maximum Gasteiger partial charge on any atom is 0.161 e. The summed E-state index contributed by atoms with van der Waals surface area (Å²) in [6.45, 7) is 4.70. The highest BCUT2D eigenvalue weighted by Crippen LogP contribution is 2.54. The highest BCUT2D eigenvalue weighted by molar-refractivity contribution is 5.88. The zero-order valence-electron chi connectivity index (χ0n) is 19.0. The highest BCUT2D eigenvalue weighted by Gasteiger charge is 2.45. The normalized spacial score (nSPS) is 18.8. The Morgan fingerprint density at radius 3 is 2.29 bits per heavy atom. The lowest BCUT2D eigenvalue weighted by Gasteiger charge is -2.33. The largest absolute Gasteiger partial charge is 0.363 e. The van der Waals surface area contributed by atoms with Crippen LogP contribution in [0, 0.1) is 0 Å². The average molecular weight is 413 g/mol. The van der Waals surface area contributed by atoms with Crippen LogP contribution >= 0.6 is 0 Å². The zero-order valence-corrected chi connectivity index (χ0v) is 19.0. The molecule has 0 amide bonds. The number of pyridine rings is 1. The molecule has 0 aliphatic carbocycles. The highest BCUT2D eigenvalue weighted by atomic mass is 15.5. The van der Waals surface area contributed by atoms with Crippen LogP contribution in [0.5, 0.6) is 0 Å². The van der Waals surface area contributed by atoms with E-state index in [2.05, 4.69) is 109 Å². The van der Waals surface area contributed by atoms with Gasteiger partial charge >= 0.3 is 0 Å². The minimum Gasteiger partial charge on any atom is -0.363 e. The van der Waals surface area contributed by atoms with E-state index < -0.39 is 0 Å². The van der Waals surface area contributed by atoms with Gasteiger partial charge in [0.2, 0.25) is 0 Å². The summed E-state index contributed by atoms with van der Waals surface area (Å²) >= 11 is 0. The minimum atomic E-state index is 0.211. The average Bonchev–Trinajstić information content (AvgIpc) is 3.06. The molecule has 1 unspecified atom stereocenters. The quantitative estimate of drug-likeness (QED) is 0.480. The van der Waals surface area contributed by atoms with Gasteiger partial charge in [-0.2, -0.15) is 0 Å². The molecular weight excluding hydrogens is 380 g/mol. The first kappa shape index (κ1) is 19.9. The first-order valence-corrected chi connectivity index (χ1v) is 11.5. The summed E-state index contributed by atoms with van der Waals surface area (Å²) in [4.78, 5) is 12.3. The molecule has 31 heavy (non-hydrogen) atoms. The van der Waals surface area contributed by atoms with Crippen molar-refractivity contribution in [3.8, 4) is 0 Å². The Morgan fingerprint density at radius 2 is 1.58 bits per heavy atom. The molecule has 160 valence electrons. The first-order valence-electron chi connectivity index (χ1n) is 11.5. The molecule has 1 atom stereocenters. The maximum atomic E-state index is 5.16. The van der Waals surface area contributed by atoms with Gasteiger partial charge < -0.3 is 14.7 Å². The standard InChI is InChI=1S/C27H32N4/c1-5-27(6-2)19-18-25-30(20-12-8-7-9-13-20)23-16-17-24(29(3)4)28-26(23)31(25)22-15-11-10-14-21(22)27/h7-17,25H,5-6,18-19H2,1-4H3. The number of anilines is 5. The van der Waals surface area contributed by atoms with E-state index in [4.69, 9.17) is 4.98 Å². The van der Waals surface area contributed by atoms with Crippen molar-refractivity contribution >= 4 is 28.7 Å². The molecule has 3 heterocycles. The molecule has 5 rings (SSSR count). The molecular formula is C27H32N4. The number of rotatable bonds is 4. The van der Waals surface area contributed by atoms with Gasteiger partial charge in [-0.05, 0) is 67.0 Å². The van der Waals surface area contributed by atoms with Crippen molar-refractivity contribution in [1.82, 2.24) is 4.98 Å². The molecule has 4 nitrogen and oxygen atoms in total. The van der Waals surface area contributed by atoms with Crippen molar-refractivity contribution in [2.24, 2.45) is 0 Å². The van der Waals surface area contributed by atoms with E-state index in [0.717, 1.165) is 30.9 Å². The molecule has 2 aliphatic rings. The van der Waals surface area contributed by atoms with Crippen LogP contribution in [0.2, 0.25) is 0 Å². The Morgan fingerprint density at radius 1 is 0.871 bits per heavy atom. The number of benzene rings is 2. The van der Waals surface area contributed by atoms with Gasteiger partial charge in [-0.25, -0.2) is 4.98 Å². The van der Waals surface area contributed by atoms with Crippen LogP contribution in [-0.2, 0) is 5.41 Å². The number of aromatic nitrogens is 1. The van der Waals surface area contributed by atoms with E-state index in [0.29, 0.717) is 0 Å². The second-order valence-corrected chi connectivity index (χ2v) is 9.01. The summed E-state index contributed by atoms with van der Waals surface area (Å²) in [5.41, 5.74) is 5.42. The van der Waals surface area contributed by atoms with Gasteiger partial charge in [-0.15, -0.1) is 0 Å². The van der Waals surface area contributed by atoms with E-state index in [1.807, 2.05) is 0 Å². The van der Waals surface area contributed by atoms with Crippen molar-refractivity contribution in [2.75, 3.05) is 28.8 Å². The smallest absolute Gasteiger partial charge is 0.161 e. The second-order valence-electron chi connectivity index (χ2n) is 9.01. The summed E-state index contributed by atoms with van der Waals surface area (Å²) in [7, 11) is 4.12. The number of hydrogen-bond donors (Lipinski definition) is 0. The molecule has 0 fully saturated rings. The fraction of sp³-hybridized carbons (Fsp3) is 0.370. The van der Waals surface area contributed by atoms with Crippen LogP contribution in [-0.4, -0.2) is 25.2 Å². The topological polar surface area (TPSA) is 22.6 Å². The van der Waals surface area contributed by atoms with Gasteiger partial charge in [-0.1, -0.05) is 50.2 Å². The van der Waals surface area contributed by atoms with Gasteiger partial charge in [-0.3, -0.25) is 0 Å². The third-order valence-corrected chi connectivity index (χ3v) is 7.39. The van der Waals surface area contributed by atoms with Crippen molar-refractivity contribution < 1.29 is 0 Å². The van der Waals surface area contributed by atoms with Gasteiger partial charge in [0.15, 0.2) is 5.82 Å². The fourth-order valence-corrected chi connectivity index (χ4v) is 5.55. The van der Waals surface area contributed by atoms with E-state index in [1.165, 1.54) is 29.0 Å². The van der Waals surface area contributed by atoms with Crippen molar-refractivity contribution in [1.29, 1.82) is 0 Å². The number of fused-ring (bicyclic) bond motifs is 5. The van der Waals surface area contributed by atoms with Crippen molar-refractivity contribution in [3.05, 3.63) is 72.3 Å². The summed E-state index contributed by atoms with van der Waals surface area (Å²) in [5.74, 6) is 2.06. The van der Waals surface area contributed by atoms with E-state index >= 15 is 0 Å². The third kappa shape index (κ3) is 3.00. The van der Waals surface area contributed by atoms with Crippen LogP contribution in [0.4, 0.5) is 28.7 Å². The molecule has 1 aromatic heterocycles. The summed E-state index contributed by atoms with van der Waals surface area (Å²) < 4.78 is 0. The van der Waals surface area contributed by atoms with Crippen LogP contribution in [0.1, 0.15) is 45.1 Å². The molecule has 0 bridgehead atoms. The molecule has 2 aliphatic heterocycles. The number of hydrogen-bond acceptors (Lipinski definition) is 4. The van der Waals surface area contributed by atoms with Crippen molar-refractivity contribution in [2.45, 2.75) is 51.1 Å². The molecule has 4 heteroatoms. The summed E-state index contributed by atoms with van der Waals surface area (Å²) in [6, 6.07) is 24.2. The first-order chi connectivity index (χ1) is 15.1. The molecule has 0 saturated heterocycles.